The third-order valence-electron chi connectivity index (χ3n) is 5.73. The van der Waals surface area contributed by atoms with E-state index in [2.05, 4.69) is 21.2 Å². The number of carbonyl (C=O) groups is 2. The summed E-state index contributed by atoms with van der Waals surface area (Å²) in [6, 6.07) is 9.32. The Morgan fingerprint density at radius 1 is 1.18 bits per heavy atom. The van der Waals surface area contributed by atoms with Crippen LogP contribution in [0.15, 0.2) is 40.9 Å². The van der Waals surface area contributed by atoms with Crippen LogP contribution in [0.5, 0.6) is 0 Å². The molecule has 0 radical (unpaired) electrons. The van der Waals surface area contributed by atoms with Gasteiger partial charge in [0.1, 0.15) is 4.88 Å². The summed E-state index contributed by atoms with van der Waals surface area (Å²) in [5, 5.41) is 3.00. The number of fused-ring (bicyclic) bond motifs is 1. The van der Waals surface area contributed by atoms with Gasteiger partial charge in [0.2, 0.25) is 0 Å². The molecule has 0 atom stereocenters. The van der Waals surface area contributed by atoms with Crippen molar-refractivity contribution >= 4 is 62.5 Å². The number of benzene rings is 2. The molecule has 2 aromatic carbocycles. The second-order valence-electron chi connectivity index (χ2n) is 7.97. The summed E-state index contributed by atoms with van der Waals surface area (Å²) >= 11 is 3.55. The molecule has 0 saturated carbocycles. The Morgan fingerprint density at radius 2 is 1.85 bits per heavy atom. The summed E-state index contributed by atoms with van der Waals surface area (Å²) in [6.45, 7) is 3.15. The minimum atomic E-state index is -5.74. The molecular formula is C22H20BrF2N2O5PS. The Bertz CT molecular complexity index is 1350. The molecule has 1 saturated heterocycles. The molecule has 3 N–H and O–H groups in total. The molecule has 180 valence electrons. The average Bonchev–Trinajstić information content (AvgIpc) is 3.42. The Labute approximate surface area is 206 Å². The van der Waals surface area contributed by atoms with E-state index in [9.17, 15) is 22.9 Å². The molecule has 0 bridgehead atoms. The Balaban J connectivity index is 1.63. The van der Waals surface area contributed by atoms with Crippen LogP contribution in [0.2, 0.25) is 0 Å². The number of rotatable bonds is 5. The highest BCUT2D eigenvalue weighted by molar-refractivity contribution is 9.10. The number of alkyl halides is 2. The number of likely N-dealkylation sites (tertiary alicyclic amines) is 1. The topological polar surface area (TPSA) is 107 Å². The number of nitrogens with zero attached hydrogens (tertiary/aromatic N) is 1. The van der Waals surface area contributed by atoms with Gasteiger partial charge in [0.05, 0.1) is 0 Å². The van der Waals surface area contributed by atoms with E-state index in [1.165, 1.54) is 18.2 Å². The van der Waals surface area contributed by atoms with Gasteiger partial charge in [0, 0.05) is 44.5 Å². The van der Waals surface area contributed by atoms with Crippen molar-refractivity contribution in [2.45, 2.75) is 25.4 Å². The van der Waals surface area contributed by atoms with E-state index >= 15 is 0 Å². The molecule has 0 aliphatic carbocycles. The molecule has 3 aromatic rings. The van der Waals surface area contributed by atoms with Crippen LogP contribution >= 0.6 is 34.9 Å². The molecule has 1 aliphatic heterocycles. The fraction of sp³-hybridized carbons (Fsp3) is 0.273. The van der Waals surface area contributed by atoms with Crippen LogP contribution in [0.1, 0.15) is 44.0 Å². The summed E-state index contributed by atoms with van der Waals surface area (Å²) in [4.78, 5) is 44.8. The molecule has 1 aliphatic rings. The van der Waals surface area contributed by atoms with Crippen LogP contribution in [0, 0.1) is 6.92 Å². The van der Waals surface area contributed by atoms with E-state index in [0.29, 0.717) is 45.9 Å². The van der Waals surface area contributed by atoms with E-state index in [1.54, 1.807) is 30.0 Å². The number of anilines is 1. The number of nitrogens with one attached hydrogen (secondary N) is 1. The first kappa shape index (κ1) is 24.9. The Hall–Kier alpha value is -2.17. The van der Waals surface area contributed by atoms with E-state index in [4.69, 9.17) is 9.79 Å². The highest BCUT2D eigenvalue weighted by Crippen LogP contribution is 2.62. The standard InChI is InChI=1S/C22H20BrF2N2O5PS/c1-12-14(21(29)27-9-2-3-10-27)5-4-6-16(12)26-20(28)13-7-8-17-15(11-13)18(23)19(34-17)22(24,25)33(30,31)32/h4-8,11H,2-3,9-10H2,1H3,(H,26,28)(H2,30,31,32). The van der Waals surface area contributed by atoms with Gasteiger partial charge in [-0.05, 0) is 71.6 Å². The lowest BCUT2D eigenvalue weighted by Gasteiger charge is -2.18. The lowest BCUT2D eigenvalue weighted by atomic mass is 10.0. The van der Waals surface area contributed by atoms with Crippen molar-refractivity contribution in [2.24, 2.45) is 0 Å². The zero-order valence-corrected chi connectivity index (χ0v) is 21.1. The summed E-state index contributed by atoms with van der Waals surface area (Å²) in [5.74, 6) is -0.606. The minimum absolute atomic E-state index is 0.0896. The van der Waals surface area contributed by atoms with Gasteiger partial charge in [0.25, 0.3) is 11.8 Å². The summed E-state index contributed by atoms with van der Waals surface area (Å²) in [5.41, 5.74) is -2.63. The van der Waals surface area contributed by atoms with Crippen molar-refractivity contribution in [1.82, 2.24) is 4.90 Å². The zero-order chi connectivity index (χ0) is 24.8. The van der Waals surface area contributed by atoms with E-state index in [1.807, 2.05) is 0 Å². The lowest BCUT2D eigenvalue weighted by molar-refractivity contribution is 0.0595. The summed E-state index contributed by atoms with van der Waals surface area (Å²) in [6.07, 6.45) is 1.92. The molecule has 4 rings (SSSR count). The number of carbonyl (C=O) groups excluding carboxylic acids is 2. The van der Waals surface area contributed by atoms with Crippen molar-refractivity contribution in [3.8, 4) is 0 Å². The van der Waals surface area contributed by atoms with E-state index in [-0.39, 0.29) is 21.3 Å². The number of hydrogen-bond acceptors (Lipinski definition) is 4. The Morgan fingerprint density at radius 3 is 2.50 bits per heavy atom. The second kappa shape index (κ2) is 9.13. The SMILES string of the molecule is Cc1c(NC(=O)c2ccc3sc(C(F)(F)P(=O)(O)O)c(Br)c3c2)cccc1C(=O)N1CCCC1. The first-order valence-corrected chi connectivity index (χ1v) is 13.5. The molecule has 0 spiro atoms. The van der Waals surface area contributed by atoms with Crippen LogP contribution in [0.25, 0.3) is 10.1 Å². The summed E-state index contributed by atoms with van der Waals surface area (Å²) < 4.78 is 40.0. The fourth-order valence-electron chi connectivity index (χ4n) is 3.82. The number of hydrogen-bond donors (Lipinski definition) is 3. The highest BCUT2D eigenvalue weighted by atomic mass is 79.9. The second-order valence-corrected chi connectivity index (χ2v) is 11.5. The van der Waals surface area contributed by atoms with Gasteiger partial charge >= 0.3 is 13.3 Å². The fourth-order valence-corrected chi connectivity index (χ4v) is 6.75. The third kappa shape index (κ3) is 4.43. The predicted octanol–water partition coefficient (Wildman–Crippen LogP) is 5.69. The van der Waals surface area contributed by atoms with Gasteiger partial charge in [-0.25, -0.2) is 0 Å². The van der Waals surface area contributed by atoms with Gasteiger partial charge < -0.3 is 20.0 Å². The minimum Gasteiger partial charge on any atom is -0.339 e. The maximum absolute atomic E-state index is 14.3. The van der Waals surface area contributed by atoms with Crippen molar-refractivity contribution in [3.05, 3.63) is 62.4 Å². The van der Waals surface area contributed by atoms with Crippen LogP contribution < -0.4 is 5.32 Å². The first-order valence-electron chi connectivity index (χ1n) is 10.3. The van der Waals surface area contributed by atoms with Crippen LogP contribution in [0.3, 0.4) is 0 Å². The van der Waals surface area contributed by atoms with Gasteiger partial charge in [-0.1, -0.05) is 6.07 Å². The molecule has 2 amide bonds. The van der Waals surface area contributed by atoms with Crippen molar-refractivity contribution in [2.75, 3.05) is 18.4 Å². The van der Waals surface area contributed by atoms with Gasteiger partial charge in [0.15, 0.2) is 0 Å². The van der Waals surface area contributed by atoms with Gasteiger partial charge in [-0.3, -0.25) is 14.2 Å². The van der Waals surface area contributed by atoms with Gasteiger partial charge in [-0.15, -0.1) is 11.3 Å². The number of thiophene rings is 1. The smallest absolute Gasteiger partial charge is 0.339 e. The van der Waals surface area contributed by atoms with Crippen molar-refractivity contribution < 1.29 is 32.7 Å². The number of amides is 2. The summed E-state index contributed by atoms with van der Waals surface area (Å²) in [7, 11) is -5.74. The van der Waals surface area contributed by atoms with Crippen molar-refractivity contribution in [1.29, 1.82) is 0 Å². The third-order valence-corrected chi connectivity index (χ3v) is 9.17. The molecular weight excluding hydrogens is 553 g/mol. The molecule has 1 fully saturated rings. The molecule has 1 aromatic heterocycles. The zero-order valence-electron chi connectivity index (χ0n) is 17.8. The predicted molar refractivity (Wildman–Crippen MR) is 130 cm³/mol. The van der Waals surface area contributed by atoms with Crippen molar-refractivity contribution in [3.63, 3.8) is 0 Å². The molecule has 0 unspecified atom stereocenters. The maximum Gasteiger partial charge on any atom is 0.400 e. The van der Waals surface area contributed by atoms with E-state index < -0.39 is 24.0 Å². The van der Waals surface area contributed by atoms with Crippen LogP contribution in [-0.2, 0) is 10.2 Å². The normalized spacial score (nSPS) is 14.6. The quantitative estimate of drug-likeness (QED) is 0.341. The molecule has 12 heteroatoms. The van der Waals surface area contributed by atoms with Crippen LogP contribution in [0.4, 0.5) is 14.5 Å². The van der Waals surface area contributed by atoms with Crippen LogP contribution in [-0.4, -0.2) is 39.6 Å². The lowest BCUT2D eigenvalue weighted by Crippen LogP contribution is -2.28. The first-order chi connectivity index (χ1) is 15.9. The van der Waals surface area contributed by atoms with E-state index in [0.717, 1.165) is 12.8 Å². The Kier molecular flexibility index (Phi) is 6.69. The largest absolute Gasteiger partial charge is 0.400 e. The molecule has 2 heterocycles. The average molecular weight is 573 g/mol. The monoisotopic (exact) mass is 572 g/mol. The highest BCUT2D eigenvalue weighted by Gasteiger charge is 2.53. The molecule has 34 heavy (non-hydrogen) atoms. The number of halogens is 3. The molecule has 7 nitrogen and oxygen atoms in total. The van der Waals surface area contributed by atoms with Gasteiger partial charge in [-0.2, -0.15) is 8.78 Å². The maximum atomic E-state index is 14.3.